The summed E-state index contributed by atoms with van der Waals surface area (Å²) in [6.45, 7) is 0.457. The van der Waals surface area contributed by atoms with Gasteiger partial charge in [-0.3, -0.25) is 4.79 Å². The third kappa shape index (κ3) is 5.23. The van der Waals surface area contributed by atoms with Gasteiger partial charge in [0.1, 0.15) is 0 Å². The Kier molecular flexibility index (Phi) is 4.05. The van der Waals surface area contributed by atoms with E-state index in [1.807, 2.05) is 0 Å². The minimum absolute atomic E-state index is 0.457. The monoisotopic (exact) mass is 158 g/mol. The van der Waals surface area contributed by atoms with Gasteiger partial charge in [0, 0.05) is 12.8 Å². The summed E-state index contributed by atoms with van der Waals surface area (Å²) in [6.07, 6.45) is 1.26. The molecule has 0 aliphatic carbocycles. The van der Waals surface area contributed by atoms with Crippen molar-refractivity contribution < 1.29 is 14.7 Å². The number of carbonyl (C=O) groups excluding carboxylic acids is 1. The molecule has 5 nitrogen and oxygen atoms in total. The fraction of sp³-hybridized carbons (Fsp3) is 0.500. The lowest BCUT2D eigenvalue weighted by Gasteiger charge is -2.01. The first-order valence-electron chi connectivity index (χ1n) is 2.98. The zero-order valence-electron chi connectivity index (χ0n) is 6.44. The molecule has 0 aromatic heterocycles. The first-order valence-corrected chi connectivity index (χ1v) is 2.98. The normalized spacial score (nSPS) is 10.8. The zero-order chi connectivity index (χ0) is 8.85. The summed E-state index contributed by atoms with van der Waals surface area (Å²) in [7, 11) is 3.58. The van der Waals surface area contributed by atoms with E-state index in [0.29, 0.717) is 6.54 Å². The number of aliphatic imine (C=N–C) groups is 1. The summed E-state index contributed by atoms with van der Waals surface area (Å²) in [6, 6.07) is 0. The van der Waals surface area contributed by atoms with Crippen LogP contribution in [0.5, 0.6) is 0 Å². The molecule has 0 saturated carbocycles. The van der Waals surface area contributed by atoms with Gasteiger partial charge in [-0.15, -0.1) is 0 Å². The van der Waals surface area contributed by atoms with Gasteiger partial charge in [-0.2, -0.15) is 0 Å². The maximum Gasteiger partial charge on any atom is 0.396 e. The third-order valence-electron chi connectivity index (χ3n) is 0.838. The van der Waals surface area contributed by atoms with Crippen molar-refractivity contribution in [3.05, 3.63) is 0 Å². The molecule has 0 aliphatic rings. The van der Waals surface area contributed by atoms with E-state index in [9.17, 15) is 9.59 Å². The van der Waals surface area contributed by atoms with Gasteiger partial charge < -0.3 is 10.0 Å². The number of hydrogen-bond acceptors (Lipinski definition) is 3. The number of nitrogens with zero attached hydrogens (tertiary/aromatic N) is 2. The van der Waals surface area contributed by atoms with Crippen molar-refractivity contribution in [2.75, 3.05) is 20.6 Å². The molecule has 0 bridgehead atoms. The highest BCUT2D eigenvalue weighted by Gasteiger charge is 2.06. The molecule has 5 heteroatoms. The lowest BCUT2D eigenvalue weighted by molar-refractivity contribution is -0.148. The molecular formula is C6H10N2O3. The molecule has 0 aromatic carbocycles. The van der Waals surface area contributed by atoms with Crippen LogP contribution in [-0.2, 0) is 9.59 Å². The Balaban J connectivity index is 3.75. The second-order valence-electron chi connectivity index (χ2n) is 2.18. The van der Waals surface area contributed by atoms with Crippen molar-refractivity contribution in [1.82, 2.24) is 4.90 Å². The average molecular weight is 158 g/mol. The molecule has 62 valence electrons. The predicted molar refractivity (Wildman–Crippen MR) is 39.7 cm³/mol. The Morgan fingerprint density at radius 1 is 1.55 bits per heavy atom. The van der Waals surface area contributed by atoms with Gasteiger partial charge in [0.15, 0.2) is 0 Å². The van der Waals surface area contributed by atoms with Crippen LogP contribution in [0.2, 0.25) is 0 Å². The summed E-state index contributed by atoms with van der Waals surface area (Å²) < 4.78 is 0. The third-order valence-corrected chi connectivity index (χ3v) is 0.838. The fourth-order valence-corrected chi connectivity index (χ4v) is 0.342. The minimum atomic E-state index is -1.53. The highest BCUT2D eigenvalue weighted by Crippen LogP contribution is 1.74. The molecule has 0 unspecified atom stereocenters. The van der Waals surface area contributed by atoms with Crippen molar-refractivity contribution in [3.8, 4) is 0 Å². The molecule has 0 spiro atoms. The highest BCUT2D eigenvalue weighted by molar-refractivity contribution is 6.33. The van der Waals surface area contributed by atoms with E-state index < -0.39 is 11.9 Å². The van der Waals surface area contributed by atoms with E-state index >= 15 is 0 Å². The molecule has 0 saturated heterocycles. The molecule has 0 aromatic rings. The van der Waals surface area contributed by atoms with E-state index in [0.717, 1.165) is 0 Å². The molecular weight excluding hydrogens is 148 g/mol. The smallest absolute Gasteiger partial charge is 0.396 e. The van der Waals surface area contributed by atoms with Crippen LogP contribution < -0.4 is 0 Å². The predicted octanol–water partition coefficient (Wildman–Crippen LogP) is -0.770. The number of carboxylic acid groups (broad SMARTS) is 1. The van der Waals surface area contributed by atoms with Crippen LogP contribution in [-0.4, -0.2) is 48.7 Å². The van der Waals surface area contributed by atoms with Crippen LogP contribution >= 0.6 is 0 Å². The molecule has 0 atom stereocenters. The second-order valence-corrected chi connectivity index (χ2v) is 2.18. The maximum atomic E-state index is 10.3. The molecule has 11 heavy (non-hydrogen) atoms. The van der Waals surface area contributed by atoms with Crippen LogP contribution in [0.3, 0.4) is 0 Å². The van der Waals surface area contributed by atoms with Crippen LogP contribution in [0.1, 0.15) is 0 Å². The molecule has 1 amide bonds. The topological polar surface area (TPSA) is 70.0 Å². The average Bonchev–Trinajstić information content (AvgIpc) is 1.86. The Morgan fingerprint density at radius 3 is 2.45 bits per heavy atom. The summed E-state index contributed by atoms with van der Waals surface area (Å²) in [4.78, 5) is 25.1. The lowest BCUT2D eigenvalue weighted by Crippen LogP contribution is -2.16. The summed E-state index contributed by atoms with van der Waals surface area (Å²) in [5.41, 5.74) is 0. The van der Waals surface area contributed by atoms with Gasteiger partial charge in [0.25, 0.3) is 0 Å². The SMILES string of the molecule is CN(C)C/C=N/C(=O)C(=O)O. The van der Waals surface area contributed by atoms with Crippen LogP contribution in [0.4, 0.5) is 0 Å². The Bertz CT molecular complexity index is 186. The van der Waals surface area contributed by atoms with Crippen LogP contribution in [0.25, 0.3) is 0 Å². The van der Waals surface area contributed by atoms with E-state index in [2.05, 4.69) is 4.99 Å². The lowest BCUT2D eigenvalue weighted by atomic mass is 10.6. The Morgan fingerprint density at radius 2 is 2.09 bits per heavy atom. The summed E-state index contributed by atoms with van der Waals surface area (Å²) in [5.74, 6) is -2.66. The highest BCUT2D eigenvalue weighted by atomic mass is 16.4. The number of aliphatic carboxylic acids is 1. The number of rotatable bonds is 2. The van der Waals surface area contributed by atoms with E-state index in [1.165, 1.54) is 6.21 Å². The largest absolute Gasteiger partial charge is 0.474 e. The zero-order valence-corrected chi connectivity index (χ0v) is 6.44. The molecule has 1 N–H and O–H groups in total. The van der Waals surface area contributed by atoms with E-state index in [1.54, 1.807) is 19.0 Å². The fourth-order valence-electron chi connectivity index (χ4n) is 0.342. The van der Waals surface area contributed by atoms with E-state index in [4.69, 9.17) is 5.11 Å². The maximum absolute atomic E-state index is 10.3. The van der Waals surface area contributed by atoms with Crippen molar-refractivity contribution in [2.24, 2.45) is 4.99 Å². The van der Waals surface area contributed by atoms with Gasteiger partial charge in [0.2, 0.25) is 0 Å². The van der Waals surface area contributed by atoms with Gasteiger partial charge in [-0.25, -0.2) is 9.79 Å². The number of carbonyl (C=O) groups is 2. The number of carboxylic acids is 1. The summed E-state index contributed by atoms with van der Waals surface area (Å²) >= 11 is 0. The molecule has 0 rings (SSSR count). The van der Waals surface area contributed by atoms with Crippen molar-refractivity contribution in [1.29, 1.82) is 0 Å². The Hall–Kier alpha value is -1.23. The van der Waals surface area contributed by atoms with Crippen LogP contribution in [0.15, 0.2) is 4.99 Å². The van der Waals surface area contributed by atoms with Crippen molar-refractivity contribution >= 4 is 18.1 Å². The summed E-state index contributed by atoms with van der Waals surface area (Å²) in [5, 5.41) is 8.07. The standard InChI is InChI=1S/C6H10N2O3/c1-8(2)4-3-7-5(9)6(10)11/h3H,4H2,1-2H3,(H,10,11)/b7-3+. The minimum Gasteiger partial charge on any atom is -0.474 e. The molecule has 0 radical (unpaired) electrons. The van der Waals surface area contributed by atoms with Crippen molar-refractivity contribution in [3.63, 3.8) is 0 Å². The number of amides is 1. The van der Waals surface area contributed by atoms with Gasteiger partial charge in [0.05, 0.1) is 0 Å². The van der Waals surface area contributed by atoms with Crippen LogP contribution in [0, 0.1) is 0 Å². The first-order chi connectivity index (χ1) is 5.04. The first kappa shape index (κ1) is 9.77. The second kappa shape index (κ2) is 4.56. The van der Waals surface area contributed by atoms with Gasteiger partial charge >= 0.3 is 11.9 Å². The van der Waals surface area contributed by atoms with E-state index in [-0.39, 0.29) is 0 Å². The molecule has 0 fully saturated rings. The number of hydrogen-bond donors (Lipinski definition) is 1. The molecule has 0 aliphatic heterocycles. The quantitative estimate of drug-likeness (QED) is 0.423. The van der Waals surface area contributed by atoms with Gasteiger partial charge in [-0.1, -0.05) is 0 Å². The Labute approximate surface area is 64.3 Å². The molecule has 0 heterocycles. The van der Waals surface area contributed by atoms with Crippen molar-refractivity contribution in [2.45, 2.75) is 0 Å². The van der Waals surface area contributed by atoms with Gasteiger partial charge in [-0.05, 0) is 14.1 Å².